The molecule has 1 atom stereocenters. The van der Waals surface area contributed by atoms with Crippen molar-refractivity contribution in [1.29, 1.82) is 0 Å². The molecule has 0 bridgehead atoms. The molecule has 3 rings (SSSR count). The number of carbonyl (C=O) groups is 2. The zero-order valence-corrected chi connectivity index (χ0v) is 18.6. The first-order chi connectivity index (χ1) is 14.2. The standard InChI is InChI=1S/C22H26N4O3S/c1-6-15-8-7-9-16(12-15)26(21(28)17-13-30-25-24-17)19(18-11-10-14(2)29-18)20(27)23-22(3,4)5/h7-13,19H,6H2,1-5H3,(H,23,27)/t19-/m1/s1. The van der Waals surface area contributed by atoms with Crippen LogP contribution in [0.25, 0.3) is 0 Å². The molecule has 7 nitrogen and oxygen atoms in total. The lowest BCUT2D eigenvalue weighted by Crippen LogP contribution is -2.49. The van der Waals surface area contributed by atoms with Crippen LogP contribution in [-0.2, 0) is 11.2 Å². The maximum Gasteiger partial charge on any atom is 0.280 e. The van der Waals surface area contributed by atoms with Gasteiger partial charge in [-0.2, -0.15) is 0 Å². The smallest absolute Gasteiger partial charge is 0.280 e. The summed E-state index contributed by atoms with van der Waals surface area (Å²) < 4.78 is 9.63. The molecular formula is C22H26N4O3S. The topological polar surface area (TPSA) is 88.3 Å². The van der Waals surface area contributed by atoms with Crippen molar-refractivity contribution in [3.63, 3.8) is 0 Å². The van der Waals surface area contributed by atoms with Gasteiger partial charge in [0.2, 0.25) is 0 Å². The van der Waals surface area contributed by atoms with E-state index in [1.807, 2.05) is 52.0 Å². The number of carbonyl (C=O) groups excluding carboxylic acids is 2. The van der Waals surface area contributed by atoms with Crippen LogP contribution < -0.4 is 10.2 Å². The van der Waals surface area contributed by atoms with E-state index in [9.17, 15) is 9.59 Å². The number of rotatable bonds is 6. The summed E-state index contributed by atoms with van der Waals surface area (Å²) in [6.07, 6.45) is 0.798. The molecule has 8 heteroatoms. The summed E-state index contributed by atoms with van der Waals surface area (Å²) in [6.45, 7) is 9.52. The summed E-state index contributed by atoms with van der Waals surface area (Å²) in [5, 5.41) is 8.49. The first-order valence-electron chi connectivity index (χ1n) is 9.77. The van der Waals surface area contributed by atoms with Gasteiger partial charge in [0.1, 0.15) is 11.5 Å². The van der Waals surface area contributed by atoms with Crippen LogP contribution >= 0.6 is 11.5 Å². The zero-order valence-electron chi connectivity index (χ0n) is 17.8. The molecule has 0 fully saturated rings. The highest BCUT2D eigenvalue weighted by Gasteiger charge is 2.37. The molecule has 0 saturated carbocycles. The van der Waals surface area contributed by atoms with E-state index < -0.39 is 17.5 Å². The van der Waals surface area contributed by atoms with Crippen molar-refractivity contribution in [1.82, 2.24) is 14.9 Å². The molecule has 0 aliphatic heterocycles. The molecule has 1 aromatic carbocycles. The van der Waals surface area contributed by atoms with Crippen LogP contribution in [0.1, 0.15) is 61.3 Å². The number of nitrogens with zero attached hydrogens (tertiary/aromatic N) is 3. The average Bonchev–Trinajstić information content (AvgIpc) is 3.36. The summed E-state index contributed by atoms with van der Waals surface area (Å²) >= 11 is 1.09. The van der Waals surface area contributed by atoms with Gasteiger partial charge in [0.05, 0.1) is 0 Å². The Bertz CT molecular complexity index is 1020. The molecule has 2 amide bonds. The number of benzene rings is 1. The highest BCUT2D eigenvalue weighted by atomic mass is 32.1. The minimum Gasteiger partial charge on any atom is -0.464 e. The van der Waals surface area contributed by atoms with E-state index in [0.29, 0.717) is 17.2 Å². The molecule has 30 heavy (non-hydrogen) atoms. The van der Waals surface area contributed by atoms with Crippen LogP contribution in [0.3, 0.4) is 0 Å². The molecule has 2 heterocycles. The average molecular weight is 427 g/mol. The first kappa shape index (κ1) is 21.7. The Hall–Kier alpha value is -3.00. The van der Waals surface area contributed by atoms with Gasteiger partial charge in [0.25, 0.3) is 11.8 Å². The summed E-state index contributed by atoms with van der Waals surface area (Å²) in [7, 11) is 0. The van der Waals surface area contributed by atoms with Crippen LogP contribution in [0.2, 0.25) is 0 Å². The Morgan fingerprint density at radius 3 is 2.57 bits per heavy atom. The number of aromatic nitrogens is 2. The van der Waals surface area contributed by atoms with Crippen molar-refractivity contribution >= 4 is 29.0 Å². The van der Waals surface area contributed by atoms with Gasteiger partial charge >= 0.3 is 0 Å². The summed E-state index contributed by atoms with van der Waals surface area (Å²) in [6, 6.07) is 10.1. The Kier molecular flexibility index (Phi) is 6.36. The molecule has 0 spiro atoms. The predicted octanol–water partition coefficient (Wildman–Crippen LogP) is 4.30. The largest absolute Gasteiger partial charge is 0.464 e. The molecule has 1 N–H and O–H groups in total. The molecular weight excluding hydrogens is 400 g/mol. The van der Waals surface area contributed by atoms with Gasteiger partial charge in [0.15, 0.2) is 11.7 Å². The molecule has 3 aromatic rings. The number of amides is 2. The Balaban J connectivity index is 2.17. The molecule has 0 unspecified atom stereocenters. The van der Waals surface area contributed by atoms with Crippen LogP contribution in [0.15, 0.2) is 46.2 Å². The second-order valence-electron chi connectivity index (χ2n) is 8.08. The van der Waals surface area contributed by atoms with Crippen molar-refractivity contribution in [3.05, 3.63) is 64.6 Å². The lowest BCUT2D eigenvalue weighted by atomic mass is 10.0. The van der Waals surface area contributed by atoms with Crippen LogP contribution in [-0.4, -0.2) is 26.9 Å². The second-order valence-corrected chi connectivity index (χ2v) is 8.69. The van der Waals surface area contributed by atoms with Crippen molar-refractivity contribution in [2.24, 2.45) is 0 Å². The quantitative estimate of drug-likeness (QED) is 0.635. The Labute approximate surface area is 180 Å². The highest BCUT2D eigenvalue weighted by Crippen LogP contribution is 2.32. The highest BCUT2D eigenvalue weighted by molar-refractivity contribution is 7.03. The van der Waals surface area contributed by atoms with Gasteiger partial charge in [-0.25, -0.2) is 0 Å². The maximum absolute atomic E-state index is 13.5. The fraction of sp³-hybridized carbons (Fsp3) is 0.364. The minimum absolute atomic E-state index is 0.179. The van der Waals surface area contributed by atoms with Crippen molar-refractivity contribution in [2.75, 3.05) is 4.90 Å². The number of hydrogen-bond donors (Lipinski definition) is 1. The van der Waals surface area contributed by atoms with Crippen molar-refractivity contribution in [3.8, 4) is 0 Å². The van der Waals surface area contributed by atoms with Gasteiger partial charge in [-0.05, 0) is 75.5 Å². The molecule has 0 aliphatic carbocycles. The number of aryl methyl sites for hydroxylation is 2. The van der Waals surface area contributed by atoms with Gasteiger partial charge < -0.3 is 9.73 Å². The first-order valence-corrected chi connectivity index (χ1v) is 10.6. The molecule has 158 valence electrons. The molecule has 0 saturated heterocycles. The van der Waals surface area contributed by atoms with E-state index in [-0.39, 0.29) is 11.6 Å². The SMILES string of the molecule is CCc1cccc(N(C(=O)c2csnn2)[C@@H](C(=O)NC(C)(C)C)c2ccc(C)o2)c1. The molecule has 0 aliphatic rings. The minimum atomic E-state index is -1.00. The monoisotopic (exact) mass is 426 g/mol. The van der Waals surface area contributed by atoms with Gasteiger partial charge in [-0.1, -0.05) is 23.5 Å². The maximum atomic E-state index is 13.5. The number of furan rings is 1. The van der Waals surface area contributed by atoms with E-state index in [2.05, 4.69) is 14.9 Å². The van der Waals surface area contributed by atoms with Crippen LogP contribution in [0.4, 0.5) is 5.69 Å². The fourth-order valence-corrected chi connectivity index (χ4v) is 3.53. The van der Waals surface area contributed by atoms with E-state index >= 15 is 0 Å². The van der Waals surface area contributed by atoms with E-state index in [4.69, 9.17) is 4.42 Å². The Morgan fingerprint density at radius 1 is 1.23 bits per heavy atom. The third kappa shape index (κ3) is 4.94. The van der Waals surface area contributed by atoms with Gasteiger partial charge in [-0.15, -0.1) is 5.10 Å². The van der Waals surface area contributed by atoms with Crippen molar-refractivity contribution < 1.29 is 14.0 Å². The lowest BCUT2D eigenvalue weighted by molar-refractivity contribution is -0.124. The van der Waals surface area contributed by atoms with Gasteiger partial charge in [-0.3, -0.25) is 14.5 Å². The molecule has 0 radical (unpaired) electrons. The number of anilines is 1. The van der Waals surface area contributed by atoms with Crippen molar-refractivity contribution in [2.45, 2.75) is 52.6 Å². The van der Waals surface area contributed by atoms with Gasteiger partial charge in [0, 0.05) is 16.6 Å². The van der Waals surface area contributed by atoms with Crippen LogP contribution in [0.5, 0.6) is 0 Å². The van der Waals surface area contributed by atoms with E-state index in [1.165, 1.54) is 4.90 Å². The normalized spacial score (nSPS) is 12.4. The van der Waals surface area contributed by atoms with Crippen LogP contribution in [0, 0.1) is 6.92 Å². The second kappa shape index (κ2) is 8.79. The lowest BCUT2D eigenvalue weighted by Gasteiger charge is -2.32. The number of nitrogens with one attached hydrogen (secondary N) is 1. The summed E-state index contributed by atoms with van der Waals surface area (Å²) in [5.74, 6) is 0.284. The number of hydrogen-bond acceptors (Lipinski definition) is 6. The zero-order chi connectivity index (χ0) is 21.9. The summed E-state index contributed by atoms with van der Waals surface area (Å²) in [5.41, 5.74) is 1.33. The predicted molar refractivity (Wildman–Crippen MR) is 117 cm³/mol. The third-order valence-corrected chi connectivity index (χ3v) is 4.93. The van der Waals surface area contributed by atoms with E-state index in [0.717, 1.165) is 23.5 Å². The summed E-state index contributed by atoms with van der Waals surface area (Å²) in [4.78, 5) is 28.4. The van der Waals surface area contributed by atoms with E-state index in [1.54, 1.807) is 24.4 Å². The fourth-order valence-electron chi connectivity index (χ4n) is 3.10. The third-order valence-electron chi connectivity index (χ3n) is 4.43. The Morgan fingerprint density at radius 2 is 2.00 bits per heavy atom. The molecule has 2 aromatic heterocycles.